The van der Waals surface area contributed by atoms with Crippen LogP contribution in [0, 0.1) is 0 Å². The largest absolute Gasteiger partial charge is 0.368 e. The van der Waals surface area contributed by atoms with Gasteiger partial charge in [0, 0.05) is 58.9 Å². The summed E-state index contributed by atoms with van der Waals surface area (Å²) in [4.78, 5) is 160. The maximum absolute atomic E-state index is 15.6. The molecule has 8 N–H and O–H groups in total. The molecule has 10 amide bonds. The average molecular weight is 1990 g/mol. The molecule has 0 heterocycles. The van der Waals surface area contributed by atoms with E-state index in [1.54, 1.807) is 19.6 Å². The Bertz CT molecular complexity index is 3030. The smallest absolute Gasteiger partial charge is 0.242 e. The molecular weight excluding hydrogens is 1760 g/mol. The van der Waals surface area contributed by atoms with E-state index in [1.165, 1.54) is 243 Å². The lowest BCUT2D eigenvalue weighted by atomic mass is 10.1. The van der Waals surface area contributed by atoms with Gasteiger partial charge in [0.25, 0.3) is 0 Å². The summed E-state index contributed by atoms with van der Waals surface area (Å²) in [5.41, 5.74) is 24.4. The second-order valence-electron chi connectivity index (χ2n) is 41.4. The number of amides is 10. The molecule has 0 aromatic carbocycles. The van der Waals surface area contributed by atoms with Gasteiger partial charge in [-0.3, -0.25) is 47.9 Å². The molecular formula is C118H225N13O10. The third-order valence-corrected chi connectivity index (χ3v) is 28.0. The normalized spacial score (nSPS) is 11.6. The first-order chi connectivity index (χ1) is 68.9. The Hall–Kier alpha value is -6.20. The minimum absolute atomic E-state index is 0.0939. The Labute approximate surface area is 866 Å². The van der Waals surface area contributed by atoms with Crippen LogP contribution in [0.4, 0.5) is 0 Å². The molecule has 0 fully saturated rings. The van der Waals surface area contributed by atoms with E-state index < -0.39 is 53.8 Å². The fourth-order valence-corrected chi connectivity index (χ4v) is 18.7. The summed E-state index contributed by atoms with van der Waals surface area (Å²) in [7, 11) is 0. The molecule has 0 atom stereocenters. The second kappa shape index (κ2) is 104. The third kappa shape index (κ3) is 84.6. The van der Waals surface area contributed by atoms with E-state index >= 15 is 28.8 Å². The van der Waals surface area contributed by atoms with Gasteiger partial charge >= 0.3 is 0 Å². The van der Waals surface area contributed by atoms with Gasteiger partial charge in [0.05, 0.1) is 58.9 Å². The van der Waals surface area contributed by atoms with Crippen molar-refractivity contribution in [3.8, 4) is 0 Å². The van der Waals surface area contributed by atoms with Crippen molar-refractivity contribution in [2.75, 3.05) is 137 Å². The van der Waals surface area contributed by atoms with Crippen LogP contribution in [0.1, 0.15) is 523 Å². The molecule has 0 bridgehead atoms. The zero-order valence-corrected chi connectivity index (χ0v) is 92.8. The maximum Gasteiger partial charge on any atom is 0.242 e. The highest BCUT2D eigenvalue weighted by atomic mass is 16.2. The lowest BCUT2D eigenvalue weighted by Crippen LogP contribution is -2.53. The molecule has 23 heteroatoms. The van der Waals surface area contributed by atoms with Crippen molar-refractivity contribution in [2.45, 2.75) is 523 Å². The van der Waals surface area contributed by atoms with Crippen molar-refractivity contribution in [1.82, 2.24) is 44.1 Å². The first-order valence-corrected chi connectivity index (χ1v) is 59.7. The number of nitrogens with two attached hydrogens (primary N) is 4. The first kappa shape index (κ1) is 135. The Kier molecular flexibility index (Phi) is 99.2. The van der Waals surface area contributed by atoms with Gasteiger partial charge in [-0.25, -0.2) is 0 Å². The Morgan fingerprint density at radius 3 is 0.461 bits per heavy atom. The van der Waals surface area contributed by atoms with Crippen molar-refractivity contribution in [3.63, 3.8) is 0 Å². The lowest BCUT2D eigenvalue weighted by molar-refractivity contribution is -0.149. The maximum atomic E-state index is 15.6. The van der Waals surface area contributed by atoms with Gasteiger partial charge in [-0.1, -0.05) is 425 Å². The van der Waals surface area contributed by atoms with Gasteiger partial charge in [-0.05, 0) is 154 Å². The Morgan fingerprint density at radius 2 is 0.305 bits per heavy atom. The first-order valence-electron chi connectivity index (χ1n) is 59.7. The van der Waals surface area contributed by atoms with Crippen LogP contribution in [0.25, 0.3) is 0 Å². The molecule has 0 radical (unpaired) electrons. The van der Waals surface area contributed by atoms with Crippen molar-refractivity contribution < 1.29 is 47.9 Å². The number of unbranched alkanes of at least 4 members (excludes halogenated alkanes) is 63. The van der Waals surface area contributed by atoms with Crippen molar-refractivity contribution in [2.24, 2.45) is 22.9 Å². The van der Waals surface area contributed by atoms with E-state index in [2.05, 4.69) is 78.0 Å². The molecule has 0 saturated carbocycles. The van der Waals surface area contributed by atoms with E-state index in [0.717, 1.165) is 218 Å². The molecule has 0 aliphatic rings. The quantitative estimate of drug-likeness (QED) is 0.0250. The van der Waals surface area contributed by atoms with Crippen LogP contribution in [0.15, 0.2) is 36.5 Å². The van der Waals surface area contributed by atoms with E-state index in [-0.39, 0.29) is 124 Å². The monoisotopic (exact) mass is 1980 g/mol. The highest BCUT2D eigenvalue weighted by Crippen LogP contribution is 2.21. The van der Waals surface area contributed by atoms with Crippen molar-refractivity contribution in [3.05, 3.63) is 36.5 Å². The van der Waals surface area contributed by atoms with E-state index in [1.807, 2.05) is 0 Å². The summed E-state index contributed by atoms with van der Waals surface area (Å²) >= 11 is 0. The Morgan fingerprint density at radius 1 is 0.170 bits per heavy atom. The molecule has 0 aliphatic heterocycles. The van der Waals surface area contributed by atoms with E-state index in [9.17, 15) is 19.2 Å². The molecule has 0 aliphatic carbocycles. The van der Waals surface area contributed by atoms with Crippen LogP contribution in [0.2, 0.25) is 0 Å². The fourth-order valence-electron chi connectivity index (χ4n) is 18.7. The number of primary amides is 1. The van der Waals surface area contributed by atoms with Crippen LogP contribution in [-0.2, 0) is 47.9 Å². The highest BCUT2D eigenvalue weighted by molar-refractivity contribution is 5.94. The van der Waals surface area contributed by atoms with E-state index in [0.29, 0.717) is 64.5 Å². The van der Waals surface area contributed by atoms with Crippen LogP contribution in [0.5, 0.6) is 0 Å². The topological polar surface area (TPSA) is 304 Å². The molecule has 0 aromatic heterocycles. The second-order valence-corrected chi connectivity index (χ2v) is 41.4. The minimum Gasteiger partial charge on any atom is -0.368 e. The number of carbonyl (C=O) groups is 10. The summed E-state index contributed by atoms with van der Waals surface area (Å²) in [5, 5.41) is 0. The Balaban J connectivity index is 7.79. The van der Waals surface area contributed by atoms with Crippen molar-refractivity contribution in [1.29, 1.82) is 0 Å². The molecule has 0 aromatic rings. The highest BCUT2D eigenvalue weighted by Gasteiger charge is 2.32. The molecule has 822 valence electrons. The van der Waals surface area contributed by atoms with Crippen LogP contribution < -0.4 is 22.9 Å². The standard InChI is InChI=1S/C118H225N13O10/c1-7-13-19-25-31-37-43-46-49-52-55-58-64-68-74-80-92-124(100-110(122)133)112(135)102-130(98-86-89-120)117(140)105-127(95-83-75-69-62-41-35-29-23-17-11-5)114(137)104-126(94-82-78-72-66-60-57-54-51-48-45-39-33-27-21-15-9-3)116(139)108-131(99-87-90-121)118(141)106-128(96-84-76-70-63-42-36-30-24-18-12-6)113(136)103-125(93-81-77-71-65-59-56-53-50-47-44-38-32-26-20-14-8-2)115(138)107-129(97-85-88-119)111(134)101-123(109-132)91-79-73-67-61-40-34-28-22-16-10-4/h46-51,109H,7-45,52-108,119-121H2,1-6H3,(H2,122,133)/b49-46-,50-47-,51-48-. The number of hydrogen-bond acceptors (Lipinski definition) is 13. The number of carbonyl (C=O) groups excluding carboxylic acids is 10. The van der Waals surface area contributed by atoms with Crippen LogP contribution in [0.3, 0.4) is 0 Å². The van der Waals surface area contributed by atoms with Gasteiger partial charge < -0.3 is 67.0 Å². The summed E-state index contributed by atoms with van der Waals surface area (Å²) < 4.78 is 0. The molecule has 23 nitrogen and oxygen atoms in total. The molecule has 0 spiro atoms. The van der Waals surface area contributed by atoms with E-state index in [4.69, 9.17) is 22.9 Å². The summed E-state index contributed by atoms with van der Waals surface area (Å²) in [6.07, 6.45) is 95.0. The van der Waals surface area contributed by atoms with Crippen LogP contribution >= 0.6 is 0 Å². The van der Waals surface area contributed by atoms with Gasteiger partial charge in [-0.2, -0.15) is 0 Å². The zero-order chi connectivity index (χ0) is 103. The minimum atomic E-state index is -0.647. The van der Waals surface area contributed by atoms with Crippen molar-refractivity contribution >= 4 is 59.6 Å². The summed E-state index contributed by atoms with van der Waals surface area (Å²) in [6, 6.07) is 0. The lowest BCUT2D eigenvalue weighted by Gasteiger charge is -2.33. The van der Waals surface area contributed by atoms with Gasteiger partial charge in [0.15, 0.2) is 0 Å². The summed E-state index contributed by atoms with van der Waals surface area (Å²) in [5.74, 6) is -4.07. The van der Waals surface area contributed by atoms with Crippen LogP contribution in [-0.4, -0.2) is 241 Å². The SMILES string of the molecule is CCCCCCCC/C=C\CCCCCCCCN(CC(N)=O)C(=O)CN(CCCN)C(=O)CN(CCCCCCCCCCCC)C(=O)CN(CCCCCCCC/C=C\CCCCCCCC)C(=O)CN(CCCN)C(=O)CN(CCCCCCCCCCCC)C(=O)CN(CCCCCCCC/C=C\CCCCCCCC)C(=O)CN(CCCN)C(=O)CN(C=O)CCCCCCCCCCCC. The number of nitrogens with zero attached hydrogens (tertiary/aromatic N) is 9. The van der Waals surface area contributed by atoms with Gasteiger partial charge in [-0.15, -0.1) is 0 Å². The predicted molar refractivity (Wildman–Crippen MR) is 594 cm³/mol. The third-order valence-electron chi connectivity index (χ3n) is 28.0. The average Bonchev–Trinajstić information content (AvgIpc) is 0.857. The zero-order valence-electron chi connectivity index (χ0n) is 92.8. The fraction of sp³-hybridized carbons (Fsp3) is 0.864. The van der Waals surface area contributed by atoms with Gasteiger partial charge in [0.2, 0.25) is 59.6 Å². The molecule has 141 heavy (non-hydrogen) atoms. The summed E-state index contributed by atoms with van der Waals surface area (Å²) in [6.45, 7) is 13.3. The van der Waals surface area contributed by atoms with Gasteiger partial charge in [0.1, 0.15) is 0 Å². The molecule has 0 unspecified atom stereocenters. The molecule has 0 saturated heterocycles. The number of hydrogen-bond donors (Lipinski definition) is 4. The molecule has 0 rings (SSSR count). The predicted octanol–water partition coefficient (Wildman–Crippen LogP) is 25.5. The number of allylic oxidation sites excluding steroid dienone is 6. The number of rotatable bonds is 109.